The van der Waals surface area contributed by atoms with Crippen LogP contribution in [0.25, 0.3) is 0 Å². The van der Waals surface area contributed by atoms with Gasteiger partial charge < -0.3 is 52.1 Å². The third kappa shape index (κ3) is 18.0. The maximum absolute atomic E-state index is 13.5. The number of ketones is 4. The molecule has 0 saturated heterocycles. The van der Waals surface area contributed by atoms with E-state index in [0.29, 0.717) is 122 Å². The lowest BCUT2D eigenvalue weighted by atomic mass is 9.77. The van der Waals surface area contributed by atoms with Gasteiger partial charge in [-0.1, -0.05) is 25.3 Å². The van der Waals surface area contributed by atoms with E-state index in [0.717, 1.165) is 33.4 Å². The number of methoxy groups -OCH3 is 8. The second-order valence-corrected chi connectivity index (χ2v) is 23.0. The van der Waals surface area contributed by atoms with Gasteiger partial charge in [0, 0.05) is 71.2 Å². The van der Waals surface area contributed by atoms with Gasteiger partial charge in [0.15, 0.2) is 69.1 Å². The number of alkyl halides is 1. The molecule has 7 aromatic rings. The van der Waals surface area contributed by atoms with E-state index in [1.807, 2.05) is 25.3 Å². The first-order valence-corrected chi connectivity index (χ1v) is 31.8. The Morgan fingerprint density at radius 3 is 1.35 bits per heavy atom. The minimum Gasteiger partial charge on any atom is -0.493 e. The van der Waals surface area contributed by atoms with Crippen molar-refractivity contribution >= 4 is 65.0 Å². The fourth-order valence-electron chi connectivity index (χ4n) is 11.8. The van der Waals surface area contributed by atoms with E-state index in [1.54, 1.807) is 88.1 Å². The number of hydrogen-bond acceptors (Lipinski definition) is 23. The van der Waals surface area contributed by atoms with Crippen LogP contribution >= 0.6 is 24.0 Å². The quantitative estimate of drug-likeness (QED) is 0.0212. The molecule has 528 valence electrons. The molecule has 4 atom stereocenters. The van der Waals surface area contributed by atoms with E-state index >= 15 is 0 Å². The standard InChI is InChI=1S/C22H20N2O5.C18H16N2O3.C15H16O5.C14H16O5.C7H8ClN.ClH/c1-4-7-29-21(26)22(10-14-5-6-24-13-16(14)12-23)11-15-8-18(27-2)19(28-3)9-17(15)20(22)25;1-22-16-7-12-6-13(18(21)15(12)8-17(16)23-2)5-11-3-4-20-10-14(11)9-19;1-4-5-20-15(17)11-6-9-7-12(18-2)13(19-3)8-10(9)14(11)16;1-4-19-14(16)10-5-8-6-11(17-2)12(18-3)7-9(8)13(10)15;1-6-5-9-3-2-7(6)4-8;/h4-6,8-9,13H,1,7,10-11H2,2-3H3;3-4,7-8,10,13H,5-6H2,1-2H3;4,7-8,11H,1,5-6H2,2-3H3;6-7,10H,4-5H2,1-3H3;2-3,5H,4H2,1H3;1H. The van der Waals surface area contributed by atoms with Crippen molar-refractivity contribution in [3.05, 3.63) is 207 Å². The molecule has 3 heterocycles. The molecule has 4 unspecified atom stereocenters. The number of benzene rings is 4. The Bertz CT molecular complexity index is 4340. The molecule has 0 N–H and O–H groups in total. The minimum absolute atomic E-state index is 0. The number of Topliss-reactive ketones (excluding diaryl/α,β-unsaturated/α-hetero) is 4. The molecule has 23 nitrogen and oxygen atoms in total. The molecule has 0 saturated carbocycles. The fourth-order valence-corrected chi connectivity index (χ4v) is 12.1. The van der Waals surface area contributed by atoms with Crippen LogP contribution in [0.2, 0.25) is 0 Å². The van der Waals surface area contributed by atoms with Crippen molar-refractivity contribution in [2.24, 2.45) is 23.2 Å². The SMILES string of the molecule is C=CCOC(=O)C1(Cc2ccncc2C#N)Cc2cc(OC)c(OC)cc2C1=O.C=CCOC(=O)C1Cc2cc(OC)c(OC)cc2C1=O.CCOC(=O)C1Cc2cc(OC)c(OC)cc2C1=O.COc1cc2c(cc1OC)C(=O)C(Cc1ccncc1C#N)C2.Cc1cnccc1CCl.Cl. The highest BCUT2D eigenvalue weighted by molar-refractivity contribution is 6.17. The number of nitrogens with zero attached hydrogens (tertiary/aromatic N) is 5. The Hall–Kier alpha value is -11.1. The maximum atomic E-state index is 13.5. The lowest BCUT2D eigenvalue weighted by Gasteiger charge is -2.25. The van der Waals surface area contributed by atoms with Gasteiger partial charge in [-0.2, -0.15) is 10.5 Å². The van der Waals surface area contributed by atoms with Gasteiger partial charge in [0.2, 0.25) is 0 Å². The molecule has 3 aromatic heterocycles. The number of nitriles is 2. The average molecular weight is 1420 g/mol. The molecule has 4 aromatic carbocycles. The largest absolute Gasteiger partial charge is 0.493 e. The molecule has 11 rings (SSSR count). The number of halogens is 2. The Morgan fingerprint density at radius 2 is 0.921 bits per heavy atom. The first-order valence-electron chi connectivity index (χ1n) is 31.3. The summed E-state index contributed by atoms with van der Waals surface area (Å²) in [4.78, 5) is 99.0. The summed E-state index contributed by atoms with van der Waals surface area (Å²) in [7, 11) is 12.2. The number of esters is 3. The summed E-state index contributed by atoms with van der Waals surface area (Å²) in [6.07, 6.45) is 14.6. The highest BCUT2D eigenvalue weighted by Crippen LogP contribution is 2.46. The average Bonchev–Trinajstić information content (AvgIpc) is 1.59. The van der Waals surface area contributed by atoms with Gasteiger partial charge in [0.25, 0.3) is 0 Å². The van der Waals surface area contributed by atoms with Crippen LogP contribution < -0.4 is 37.9 Å². The van der Waals surface area contributed by atoms with Crippen molar-refractivity contribution in [2.75, 3.05) is 76.7 Å². The van der Waals surface area contributed by atoms with E-state index in [2.05, 4.69) is 40.2 Å². The van der Waals surface area contributed by atoms with E-state index in [9.17, 15) is 38.8 Å². The smallest absolute Gasteiger partial charge is 0.321 e. The fraction of sp³-hybridized carbons (Fsp3) is 0.316. The lowest BCUT2D eigenvalue weighted by Crippen LogP contribution is -2.41. The normalized spacial score (nSPS) is 15.9. The number of pyridine rings is 3. The number of aryl methyl sites for hydroxylation is 1. The summed E-state index contributed by atoms with van der Waals surface area (Å²) in [5.41, 5.74) is 8.31. The summed E-state index contributed by atoms with van der Waals surface area (Å²) < 4.78 is 57.1. The number of carbonyl (C=O) groups excluding carboxylic acids is 7. The Labute approximate surface area is 596 Å². The summed E-state index contributed by atoms with van der Waals surface area (Å²) in [5, 5.41) is 18.6. The highest BCUT2D eigenvalue weighted by Gasteiger charge is 2.53. The molecule has 0 aliphatic heterocycles. The van der Waals surface area contributed by atoms with E-state index < -0.39 is 35.2 Å². The van der Waals surface area contributed by atoms with E-state index in [4.69, 9.17) is 69.0 Å². The summed E-state index contributed by atoms with van der Waals surface area (Å²) in [6.45, 7) is 11.1. The zero-order chi connectivity index (χ0) is 72.8. The maximum Gasteiger partial charge on any atom is 0.321 e. The van der Waals surface area contributed by atoms with Crippen LogP contribution in [0.4, 0.5) is 0 Å². The number of rotatable bonds is 21. The van der Waals surface area contributed by atoms with Crippen molar-refractivity contribution < 1.29 is 85.7 Å². The summed E-state index contributed by atoms with van der Waals surface area (Å²) >= 11 is 5.60. The van der Waals surface area contributed by atoms with Crippen LogP contribution in [-0.2, 0) is 73.0 Å². The van der Waals surface area contributed by atoms with Crippen molar-refractivity contribution in [1.82, 2.24) is 15.0 Å². The highest BCUT2D eigenvalue weighted by atomic mass is 35.5. The van der Waals surface area contributed by atoms with Gasteiger partial charge in [-0.05, 0) is 164 Å². The van der Waals surface area contributed by atoms with Gasteiger partial charge in [-0.3, -0.25) is 48.5 Å². The molecule has 101 heavy (non-hydrogen) atoms. The van der Waals surface area contributed by atoms with Gasteiger partial charge in [0.1, 0.15) is 42.6 Å². The number of aromatic nitrogens is 3. The topological polar surface area (TPSA) is 307 Å². The van der Waals surface area contributed by atoms with Gasteiger partial charge in [-0.25, -0.2) is 0 Å². The van der Waals surface area contributed by atoms with Gasteiger partial charge in [0.05, 0.1) is 74.6 Å². The summed E-state index contributed by atoms with van der Waals surface area (Å²) in [5.74, 6) is 0.586. The molecule has 4 aliphatic rings. The monoisotopic (exact) mass is 1420 g/mol. The predicted octanol–water partition coefficient (Wildman–Crippen LogP) is 11.2. The molecule has 0 radical (unpaired) electrons. The number of hydrogen-bond donors (Lipinski definition) is 0. The second kappa shape index (κ2) is 37.2. The number of ether oxygens (including phenoxy) is 11. The third-order valence-corrected chi connectivity index (χ3v) is 17.2. The van der Waals surface area contributed by atoms with Gasteiger partial charge >= 0.3 is 17.9 Å². The molecule has 0 spiro atoms. The Morgan fingerprint density at radius 1 is 0.535 bits per heavy atom. The minimum atomic E-state index is -1.49. The predicted molar refractivity (Wildman–Crippen MR) is 373 cm³/mol. The number of fused-ring (bicyclic) bond motifs is 4. The van der Waals surface area contributed by atoms with E-state index in [1.165, 1.54) is 73.4 Å². The first kappa shape index (κ1) is 78.9. The van der Waals surface area contributed by atoms with Crippen molar-refractivity contribution in [2.45, 2.75) is 58.3 Å². The van der Waals surface area contributed by atoms with Crippen molar-refractivity contribution in [3.63, 3.8) is 0 Å². The lowest BCUT2D eigenvalue weighted by molar-refractivity contribution is -0.151. The zero-order valence-corrected chi connectivity index (χ0v) is 59.1. The molecule has 25 heteroatoms. The zero-order valence-electron chi connectivity index (χ0n) is 57.6. The Balaban J connectivity index is 0.000000205. The summed E-state index contributed by atoms with van der Waals surface area (Å²) in [6, 6.07) is 23.1. The second-order valence-electron chi connectivity index (χ2n) is 22.7. The van der Waals surface area contributed by atoms with Crippen molar-refractivity contribution in [1.29, 1.82) is 10.5 Å². The van der Waals surface area contributed by atoms with Crippen LogP contribution in [0, 0.1) is 52.8 Å². The molecular formula is C76H77Cl2N5O18. The van der Waals surface area contributed by atoms with Crippen LogP contribution in [-0.4, -0.2) is 133 Å². The molecular weight excluding hydrogens is 1340 g/mol. The van der Waals surface area contributed by atoms with E-state index in [-0.39, 0.29) is 74.1 Å². The molecule has 0 bridgehead atoms. The van der Waals surface area contributed by atoms with Gasteiger partial charge in [-0.15, -0.1) is 24.0 Å². The van der Waals surface area contributed by atoms with Crippen LogP contribution in [0.15, 0.2) is 129 Å². The molecule has 4 aliphatic carbocycles. The molecule has 0 fully saturated rings. The third-order valence-electron chi connectivity index (χ3n) is 16.9. The first-order chi connectivity index (χ1) is 48.2. The molecule has 0 amide bonds. The van der Waals surface area contributed by atoms with Crippen LogP contribution in [0.3, 0.4) is 0 Å². The van der Waals surface area contributed by atoms with Crippen LogP contribution in [0.5, 0.6) is 46.0 Å². The van der Waals surface area contributed by atoms with Crippen LogP contribution in [0.1, 0.15) is 104 Å². The Kier molecular flexibility index (Phi) is 29.0. The number of carbonyl (C=O) groups is 7. The van der Waals surface area contributed by atoms with Crippen molar-refractivity contribution in [3.8, 4) is 58.1 Å².